The second-order valence-electron chi connectivity index (χ2n) is 13.9. The lowest BCUT2D eigenvalue weighted by molar-refractivity contribution is -0.144. The van der Waals surface area contributed by atoms with Crippen LogP contribution in [0.4, 0.5) is 52.7 Å². The average molecular weight is 820 g/mol. The van der Waals surface area contributed by atoms with Gasteiger partial charge in [0, 0.05) is 16.3 Å². The van der Waals surface area contributed by atoms with Crippen LogP contribution in [0.25, 0.3) is 72.0 Å². The highest BCUT2D eigenvalue weighted by Crippen LogP contribution is 2.44. The highest BCUT2D eigenvalue weighted by molar-refractivity contribution is 6.12. The Morgan fingerprint density at radius 2 is 0.678 bits per heavy atom. The first kappa shape index (κ1) is 39.3. The van der Waals surface area contributed by atoms with Crippen molar-refractivity contribution in [1.29, 1.82) is 0 Å². The highest BCUT2D eigenvalue weighted by Gasteiger charge is 2.38. The van der Waals surface area contributed by atoms with E-state index in [1.807, 2.05) is 60.7 Å². The average Bonchev–Trinajstić information content (AvgIpc) is 3.52. The van der Waals surface area contributed by atoms with Crippen LogP contribution >= 0.6 is 0 Å². The van der Waals surface area contributed by atoms with Gasteiger partial charge in [0.25, 0.3) is 0 Å². The van der Waals surface area contributed by atoms with Gasteiger partial charge in [-0.15, -0.1) is 0 Å². The van der Waals surface area contributed by atoms with E-state index in [2.05, 4.69) is 0 Å². The van der Waals surface area contributed by atoms with Crippen molar-refractivity contribution in [2.75, 3.05) is 0 Å². The largest absolute Gasteiger partial charge is 0.416 e. The summed E-state index contributed by atoms with van der Waals surface area (Å²) >= 11 is 0. The summed E-state index contributed by atoms with van der Waals surface area (Å²) in [5, 5.41) is 0.502. The standard InChI is InChI=1S/C46H25F12N/c47-43(48,49)33-18-31(19-34(24-33)44(50,51)52)28-13-15-41-38(22-28)39-23-29(32-20-35(45(53,54)55)25-36(21-32)46(56,57)58)14-16-42(39)59(41)40-12-5-4-11-37(40)30-10-6-9-27(17-30)26-7-2-1-3-8-26/h1-25H. The number of aromatic nitrogens is 1. The number of para-hydroxylation sites is 1. The van der Waals surface area contributed by atoms with Crippen LogP contribution < -0.4 is 0 Å². The summed E-state index contributed by atoms with van der Waals surface area (Å²) in [6.45, 7) is 0. The molecule has 7 aromatic carbocycles. The van der Waals surface area contributed by atoms with Gasteiger partial charge in [-0.3, -0.25) is 0 Å². The summed E-state index contributed by atoms with van der Waals surface area (Å²) in [7, 11) is 0. The summed E-state index contributed by atoms with van der Waals surface area (Å²) in [5.41, 5.74) is -2.41. The molecule has 0 unspecified atom stereocenters. The maximum Gasteiger partial charge on any atom is 0.416 e. The maximum absolute atomic E-state index is 13.9. The molecule has 0 aliphatic rings. The molecule has 0 amide bonds. The summed E-state index contributed by atoms with van der Waals surface area (Å²) in [6, 6.07) is 35.2. The molecule has 0 saturated carbocycles. The first-order valence-electron chi connectivity index (χ1n) is 17.7. The zero-order chi connectivity index (χ0) is 42.1. The number of rotatable bonds is 5. The molecule has 0 aliphatic carbocycles. The molecule has 0 spiro atoms. The molecule has 8 rings (SSSR count). The monoisotopic (exact) mass is 819 g/mol. The van der Waals surface area contributed by atoms with Crippen molar-refractivity contribution in [3.8, 4) is 50.2 Å². The Morgan fingerprint density at radius 3 is 1.14 bits per heavy atom. The molecule has 0 saturated heterocycles. The van der Waals surface area contributed by atoms with E-state index in [1.165, 1.54) is 36.4 Å². The van der Waals surface area contributed by atoms with Crippen molar-refractivity contribution in [3.05, 3.63) is 174 Å². The van der Waals surface area contributed by atoms with Crippen LogP contribution in [0.3, 0.4) is 0 Å². The number of hydrogen-bond acceptors (Lipinski definition) is 0. The van der Waals surface area contributed by atoms with Gasteiger partial charge in [-0.05, 0) is 112 Å². The van der Waals surface area contributed by atoms with E-state index < -0.39 is 58.1 Å². The summed E-state index contributed by atoms with van der Waals surface area (Å²) in [6.07, 6.45) is -20.5. The number of benzene rings is 7. The molecule has 0 fully saturated rings. The second kappa shape index (κ2) is 14.1. The lowest BCUT2D eigenvalue weighted by atomic mass is 9.96. The third-order valence-corrected chi connectivity index (χ3v) is 10.0. The summed E-state index contributed by atoms with van der Waals surface area (Å²) < 4.78 is 169. The number of hydrogen-bond donors (Lipinski definition) is 0. The van der Waals surface area contributed by atoms with Crippen molar-refractivity contribution in [1.82, 2.24) is 4.57 Å². The smallest absolute Gasteiger partial charge is 0.309 e. The third-order valence-electron chi connectivity index (χ3n) is 10.0. The number of halogens is 12. The second-order valence-corrected chi connectivity index (χ2v) is 13.9. The van der Waals surface area contributed by atoms with E-state index in [9.17, 15) is 52.7 Å². The van der Waals surface area contributed by atoms with Crippen LogP contribution in [0.1, 0.15) is 22.3 Å². The topological polar surface area (TPSA) is 4.93 Å². The molecule has 59 heavy (non-hydrogen) atoms. The molecule has 13 heteroatoms. The van der Waals surface area contributed by atoms with Gasteiger partial charge in [0.15, 0.2) is 0 Å². The fourth-order valence-corrected chi connectivity index (χ4v) is 7.29. The minimum Gasteiger partial charge on any atom is -0.309 e. The number of fused-ring (bicyclic) bond motifs is 3. The van der Waals surface area contributed by atoms with E-state index in [0.29, 0.717) is 46.5 Å². The molecular weight excluding hydrogens is 794 g/mol. The molecule has 0 N–H and O–H groups in total. The molecule has 1 heterocycles. The van der Waals surface area contributed by atoms with Crippen LogP contribution in [-0.2, 0) is 24.7 Å². The van der Waals surface area contributed by atoms with Crippen molar-refractivity contribution in [2.24, 2.45) is 0 Å². The van der Waals surface area contributed by atoms with Gasteiger partial charge in [0.2, 0.25) is 0 Å². The molecule has 298 valence electrons. The highest BCUT2D eigenvalue weighted by atomic mass is 19.4. The molecule has 1 aromatic heterocycles. The van der Waals surface area contributed by atoms with E-state index in [-0.39, 0.29) is 34.0 Å². The molecule has 1 nitrogen and oxygen atoms in total. The summed E-state index contributed by atoms with van der Waals surface area (Å²) in [5.74, 6) is 0. The normalized spacial score (nSPS) is 12.7. The van der Waals surface area contributed by atoms with Gasteiger partial charge in [0.1, 0.15) is 0 Å². The SMILES string of the molecule is FC(F)(F)c1cc(-c2ccc3c(c2)c2cc(-c4cc(C(F)(F)F)cc(C(F)(F)F)c4)ccc2n3-c2ccccc2-c2cccc(-c3ccccc3)c2)cc(C(F)(F)F)c1. The molecular formula is C46H25F12N. The molecule has 0 radical (unpaired) electrons. The fourth-order valence-electron chi connectivity index (χ4n) is 7.29. The Balaban J connectivity index is 1.40. The molecule has 8 aromatic rings. The maximum atomic E-state index is 13.9. The Bertz CT molecular complexity index is 2680. The van der Waals surface area contributed by atoms with Gasteiger partial charge < -0.3 is 4.57 Å². The predicted octanol–water partition coefficient (Wildman–Crippen LogP) is 15.5. The zero-order valence-electron chi connectivity index (χ0n) is 29.9. The Labute approximate surface area is 327 Å². The number of nitrogens with zero attached hydrogens (tertiary/aromatic N) is 1. The minimum atomic E-state index is -5.13. The predicted molar refractivity (Wildman–Crippen MR) is 203 cm³/mol. The molecule has 0 aliphatic heterocycles. The van der Waals surface area contributed by atoms with Crippen LogP contribution in [0.5, 0.6) is 0 Å². The first-order chi connectivity index (χ1) is 27.8. The zero-order valence-corrected chi connectivity index (χ0v) is 29.9. The van der Waals surface area contributed by atoms with Crippen molar-refractivity contribution in [2.45, 2.75) is 24.7 Å². The minimum absolute atomic E-state index is 0.00811. The van der Waals surface area contributed by atoms with Gasteiger partial charge >= 0.3 is 24.7 Å². The third kappa shape index (κ3) is 7.64. The fraction of sp³-hybridized carbons (Fsp3) is 0.0870. The van der Waals surface area contributed by atoms with Crippen molar-refractivity contribution < 1.29 is 52.7 Å². The molecule has 0 bridgehead atoms. The van der Waals surface area contributed by atoms with E-state index in [1.54, 1.807) is 22.8 Å². The van der Waals surface area contributed by atoms with Crippen LogP contribution in [0.15, 0.2) is 152 Å². The van der Waals surface area contributed by atoms with Crippen LogP contribution in [0.2, 0.25) is 0 Å². The quantitative estimate of drug-likeness (QED) is 0.152. The van der Waals surface area contributed by atoms with Gasteiger partial charge in [-0.25, -0.2) is 0 Å². The van der Waals surface area contributed by atoms with E-state index in [0.717, 1.165) is 16.7 Å². The first-order valence-corrected chi connectivity index (χ1v) is 17.7. The molecule has 0 atom stereocenters. The Morgan fingerprint density at radius 1 is 0.288 bits per heavy atom. The Kier molecular flexibility index (Phi) is 9.40. The van der Waals surface area contributed by atoms with Crippen molar-refractivity contribution in [3.63, 3.8) is 0 Å². The van der Waals surface area contributed by atoms with Gasteiger partial charge in [-0.1, -0.05) is 78.9 Å². The van der Waals surface area contributed by atoms with Crippen LogP contribution in [-0.4, -0.2) is 4.57 Å². The lowest BCUT2D eigenvalue weighted by Crippen LogP contribution is -2.11. The van der Waals surface area contributed by atoms with Gasteiger partial charge in [0.05, 0.1) is 39.0 Å². The summed E-state index contributed by atoms with van der Waals surface area (Å²) in [4.78, 5) is 0. The van der Waals surface area contributed by atoms with Crippen LogP contribution in [0, 0.1) is 0 Å². The lowest BCUT2D eigenvalue weighted by Gasteiger charge is -2.16. The Hall–Kier alpha value is -6.50. The van der Waals surface area contributed by atoms with E-state index >= 15 is 0 Å². The van der Waals surface area contributed by atoms with Gasteiger partial charge in [-0.2, -0.15) is 52.7 Å². The van der Waals surface area contributed by atoms with E-state index in [4.69, 9.17) is 0 Å². The number of alkyl halides is 12. The van der Waals surface area contributed by atoms with Crippen molar-refractivity contribution >= 4 is 21.8 Å².